The molecule has 1 N–H and O–H groups in total. The molecule has 3 heterocycles. The number of likely N-dealkylation sites (tertiary alicyclic amines) is 1. The van der Waals surface area contributed by atoms with E-state index in [2.05, 4.69) is 10.3 Å². The minimum absolute atomic E-state index is 0.0451. The van der Waals surface area contributed by atoms with Gasteiger partial charge in [0.25, 0.3) is 5.92 Å². The first-order valence-electron chi connectivity index (χ1n) is 12.9. The summed E-state index contributed by atoms with van der Waals surface area (Å²) in [6.45, 7) is 6.88. The molecule has 3 atom stereocenters. The van der Waals surface area contributed by atoms with Crippen LogP contribution in [0.4, 0.5) is 32.4 Å². The van der Waals surface area contributed by atoms with Gasteiger partial charge in [0.2, 0.25) is 5.91 Å². The number of carbonyl (C=O) groups is 2. The Hall–Kier alpha value is -3.18. The number of carbonyl (C=O) groups excluding carboxylic acids is 2. The number of nitrogens with zero attached hydrogens (tertiary/aromatic N) is 3. The van der Waals surface area contributed by atoms with Gasteiger partial charge < -0.3 is 19.9 Å². The minimum atomic E-state index is -4.55. The summed E-state index contributed by atoms with van der Waals surface area (Å²) < 4.78 is 75.4. The van der Waals surface area contributed by atoms with E-state index >= 15 is 0 Å². The number of benzene rings is 1. The normalized spacial score (nSPS) is 23.7. The quantitative estimate of drug-likeness (QED) is 0.505. The van der Waals surface area contributed by atoms with E-state index in [0.717, 1.165) is 11.0 Å². The fraction of sp³-hybridized carbons (Fsp3) is 0.593. The molecule has 39 heavy (non-hydrogen) atoms. The smallest absolute Gasteiger partial charge is 0.418 e. The number of anilines is 1. The molecule has 4 rings (SSSR count). The lowest BCUT2D eigenvalue weighted by molar-refractivity contribution is -0.136. The summed E-state index contributed by atoms with van der Waals surface area (Å²) in [5.41, 5.74) is -1.21. The minimum Gasteiger partial charge on any atom is -0.444 e. The molecular weight excluding hydrogens is 523 g/mol. The summed E-state index contributed by atoms with van der Waals surface area (Å²) in [6, 6.07) is 5.19. The number of hydrogen-bond donors (Lipinski definition) is 1. The highest BCUT2D eigenvalue weighted by atomic mass is 19.4. The molecule has 2 saturated heterocycles. The average Bonchev–Trinajstić information content (AvgIpc) is 3.17. The van der Waals surface area contributed by atoms with Gasteiger partial charge in [-0.05, 0) is 57.4 Å². The van der Waals surface area contributed by atoms with Gasteiger partial charge in [0, 0.05) is 49.2 Å². The maximum atomic E-state index is 14.9. The summed E-state index contributed by atoms with van der Waals surface area (Å²) in [4.78, 5) is 31.8. The maximum Gasteiger partial charge on any atom is 0.418 e. The van der Waals surface area contributed by atoms with E-state index in [4.69, 9.17) is 4.74 Å². The highest BCUT2D eigenvalue weighted by molar-refractivity contribution is 5.94. The van der Waals surface area contributed by atoms with E-state index in [1.807, 2.05) is 11.8 Å². The second-order valence-electron chi connectivity index (χ2n) is 11.4. The van der Waals surface area contributed by atoms with Crippen molar-refractivity contribution >= 4 is 28.6 Å². The Balaban J connectivity index is 1.39. The van der Waals surface area contributed by atoms with Crippen LogP contribution in [0.2, 0.25) is 0 Å². The highest BCUT2D eigenvalue weighted by Crippen LogP contribution is 2.39. The number of alkyl halides is 5. The average molecular weight is 557 g/mol. The Labute approximate surface area is 223 Å². The molecule has 1 aromatic heterocycles. The third kappa shape index (κ3) is 6.52. The first-order chi connectivity index (χ1) is 18.0. The van der Waals surface area contributed by atoms with Crippen LogP contribution in [-0.2, 0) is 15.7 Å². The fourth-order valence-corrected chi connectivity index (χ4v) is 5.22. The molecule has 2 aromatic rings. The lowest BCUT2D eigenvalue weighted by Gasteiger charge is -2.38. The molecule has 0 saturated carbocycles. The summed E-state index contributed by atoms with van der Waals surface area (Å²) >= 11 is 0. The molecule has 2 aliphatic rings. The number of amides is 2. The number of nitrogens with one attached hydrogen (secondary N) is 1. The van der Waals surface area contributed by atoms with Crippen LogP contribution in [0.1, 0.15) is 46.1 Å². The van der Waals surface area contributed by atoms with Gasteiger partial charge in [-0.15, -0.1) is 0 Å². The third-order valence-corrected chi connectivity index (χ3v) is 7.18. The monoisotopic (exact) mass is 556 g/mol. The van der Waals surface area contributed by atoms with E-state index < -0.39 is 54.1 Å². The van der Waals surface area contributed by atoms with Crippen molar-refractivity contribution < 1.29 is 36.3 Å². The summed E-state index contributed by atoms with van der Waals surface area (Å²) in [6.07, 6.45) is -4.49. The van der Waals surface area contributed by atoms with Crippen molar-refractivity contribution in [1.82, 2.24) is 15.2 Å². The van der Waals surface area contributed by atoms with E-state index in [0.29, 0.717) is 24.2 Å². The van der Waals surface area contributed by atoms with Crippen LogP contribution in [-0.4, -0.2) is 65.6 Å². The van der Waals surface area contributed by atoms with Crippen LogP contribution in [0, 0.1) is 11.8 Å². The van der Waals surface area contributed by atoms with Crippen LogP contribution >= 0.6 is 0 Å². The predicted octanol–water partition coefficient (Wildman–Crippen LogP) is 5.48. The number of fused-ring (bicyclic) bond motifs is 1. The van der Waals surface area contributed by atoms with Gasteiger partial charge in [-0.2, -0.15) is 13.2 Å². The van der Waals surface area contributed by atoms with Crippen molar-refractivity contribution in [3.63, 3.8) is 0 Å². The largest absolute Gasteiger partial charge is 0.444 e. The third-order valence-electron chi connectivity index (χ3n) is 7.18. The number of ether oxygens (including phenoxy) is 1. The van der Waals surface area contributed by atoms with E-state index in [9.17, 15) is 31.5 Å². The molecule has 7 nitrogen and oxygen atoms in total. The van der Waals surface area contributed by atoms with Crippen molar-refractivity contribution in [3.05, 3.63) is 36.0 Å². The molecule has 1 aromatic carbocycles. The Morgan fingerprint density at radius 1 is 1.15 bits per heavy atom. The molecule has 0 bridgehead atoms. The van der Waals surface area contributed by atoms with Crippen molar-refractivity contribution in [2.75, 3.05) is 31.1 Å². The van der Waals surface area contributed by atoms with Gasteiger partial charge in [0.05, 0.1) is 23.7 Å². The number of halogens is 5. The number of pyridine rings is 1. The molecule has 214 valence electrons. The van der Waals surface area contributed by atoms with Gasteiger partial charge in [0.15, 0.2) is 0 Å². The van der Waals surface area contributed by atoms with Crippen LogP contribution in [0.25, 0.3) is 10.9 Å². The Morgan fingerprint density at radius 3 is 2.51 bits per heavy atom. The van der Waals surface area contributed by atoms with Gasteiger partial charge in [-0.25, -0.2) is 13.6 Å². The molecule has 0 radical (unpaired) electrons. The van der Waals surface area contributed by atoms with E-state index in [1.54, 1.807) is 32.9 Å². The maximum absolute atomic E-state index is 14.9. The Bertz CT molecular complexity index is 1230. The standard InChI is InChI=1S/C27H33F5N4O3/c1-16-13-36(21-8-7-19(27(30,31)32)23-18(21)6-5-10-33-23)14-20(16)34-22(37)12-17-9-11-35(15-26(17,28)29)24(38)39-25(2,3)4/h5-8,10,16-17,20H,9,11-15H2,1-4H3,(H,34,37)/t16-,17?,20?/m1/s1. The van der Waals surface area contributed by atoms with Crippen LogP contribution in [0.5, 0.6) is 0 Å². The lowest BCUT2D eigenvalue weighted by Crippen LogP contribution is -2.53. The van der Waals surface area contributed by atoms with Crippen molar-refractivity contribution in [2.45, 2.75) is 64.3 Å². The van der Waals surface area contributed by atoms with Crippen molar-refractivity contribution in [2.24, 2.45) is 11.8 Å². The SMILES string of the molecule is C[C@@H]1CN(c2ccc(C(F)(F)F)c3ncccc23)CC1NC(=O)CC1CCN(C(=O)OC(C)(C)C)CC1(F)F. The highest BCUT2D eigenvalue weighted by Gasteiger charge is 2.47. The zero-order valence-electron chi connectivity index (χ0n) is 22.3. The Kier molecular flexibility index (Phi) is 7.70. The topological polar surface area (TPSA) is 74.8 Å². The van der Waals surface area contributed by atoms with Gasteiger partial charge in [0.1, 0.15) is 5.60 Å². The zero-order valence-corrected chi connectivity index (χ0v) is 22.3. The molecule has 2 fully saturated rings. The van der Waals surface area contributed by atoms with Gasteiger partial charge in [-0.1, -0.05) is 6.92 Å². The molecule has 2 aliphatic heterocycles. The second kappa shape index (κ2) is 10.4. The zero-order chi connectivity index (χ0) is 28.8. The van der Waals surface area contributed by atoms with Crippen molar-refractivity contribution in [3.8, 4) is 0 Å². The molecule has 2 amide bonds. The van der Waals surface area contributed by atoms with Crippen LogP contribution in [0.15, 0.2) is 30.5 Å². The number of hydrogen-bond acceptors (Lipinski definition) is 5. The predicted molar refractivity (Wildman–Crippen MR) is 136 cm³/mol. The summed E-state index contributed by atoms with van der Waals surface area (Å²) in [7, 11) is 0. The second-order valence-corrected chi connectivity index (χ2v) is 11.4. The first kappa shape index (κ1) is 28.8. The molecule has 2 unspecified atom stereocenters. The molecule has 12 heteroatoms. The number of rotatable bonds is 4. The number of piperidine rings is 1. The number of aromatic nitrogens is 1. The van der Waals surface area contributed by atoms with Crippen LogP contribution < -0.4 is 10.2 Å². The fourth-order valence-electron chi connectivity index (χ4n) is 5.22. The Morgan fingerprint density at radius 2 is 1.87 bits per heavy atom. The van der Waals surface area contributed by atoms with E-state index in [1.165, 1.54) is 12.3 Å². The lowest BCUT2D eigenvalue weighted by atomic mass is 9.89. The summed E-state index contributed by atoms with van der Waals surface area (Å²) in [5.74, 6) is -5.08. The molecule has 0 aliphatic carbocycles. The van der Waals surface area contributed by atoms with E-state index in [-0.39, 0.29) is 30.4 Å². The summed E-state index contributed by atoms with van der Waals surface area (Å²) in [5, 5.41) is 3.20. The molecular formula is C27H33F5N4O3. The van der Waals surface area contributed by atoms with Gasteiger partial charge in [-0.3, -0.25) is 9.78 Å². The van der Waals surface area contributed by atoms with Gasteiger partial charge >= 0.3 is 12.3 Å². The van der Waals surface area contributed by atoms with Crippen molar-refractivity contribution in [1.29, 1.82) is 0 Å². The van der Waals surface area contributed by atoms with Crippen LogP contribution in [0.3, 0.4) is 0 Å². The molecule has 0 spiro atoms. The first-order valence-corrected chi connectivity index (χ1v) is 12.9.